The van der Waals surface area contributed by atoms with Crippen molar-refractivity contribution >= 4 is 30.2 Å². The molecule has 1 unspecified atom stereocenters. The number of amidine groups is 1. The quantitative estimate of drug-likeness (QED) is 0.359. The minimum absolute atomic E-state index is 0.299. The molecule has 182 valence electrons. The van der Waals surface area contributed by atoms with Crippen LogP contribution < -0.4 is 10.6 Å². The fraction of sp³-hybridized carbons (Fsp3) is 0.370. The summed E-state index contributed by atoms with van der Waals surface area (Å²) < 4.78 is 0. The Morgan fingerprint density at radius 2 is 2.17 bits per heavy atom. The summed E-state index contributed by atoms with van der Waals surface area (Å²) in [4.78, 5) is 20.1. The molecule has 0 bridgehead atoms. The number of nitrogens with one attached hydrogen (secondary N) is 3. The van der Waals surface area contributed by atoms with Crippen molar-refractivity contribution in [1.29, 1.82) is 5.41 Å². The highest BCUT2D eigenvalue weighted by molar-refractivity contribution is 6.09. The van der Waals surface area contributed by atoms with Crippen LogP contribution in [0.15, 0.2) is 75.5 Å². The van der Waals surface area contributed by atoms with E-state index in [-0.39, 0.29) is 0 Å². The molecule has 2 aliphatic heterocycles. The Balaban J connectivity index is 1.33. The summed E-state index contributed by atoms with van der Waals surface area (Å²) in [6, 6.07) is 6.39. The minimum Gasteiger partial charge on any atom is -0.388 e. The van der Waals surface area contributed by atoms with Gasteiger partial charge in [-0.2, -0.15) is 0 Å². The number of nitrogens with zero attached hydrogens (tertiary/aromatic N) is 5. The molecule has 3 N–H and O–H groups in total. The van der Waals surface area contributed by atoms with E-state index in [0.717, 1.165) is 24.4 Å². The molecule has 1 aromatic heterocycles. The van der Waals surface area contributed by atoms with Gasteiger partial charge in [-0.05, 0) is 68.3 Å². The fourth-order valence-electron chi connectivity index (χ4n) is 4.25. The molecule has 8 heteroatoms. The molecule has 2 fully saturated rings. The third-order valence-corrected chi connectivity index (χ3v) is 6.68. The highest BCUT2D eigenvalue weighted by Gasteiger charge is 2.28. The van der Waals surface area contributed by atoms with Crippen LogP contribution in [-0.2, 0) is 0 Å². The number of hydrogen-bond donors (Lipinski definition) is 3. The molecule has 1 saturated carbocycles. The molecule has 3 heterocycles. The zero-order chi connectivity index (χ0) is 24.6. The van der Waals surface area contributed by atoms with E-state index in [9.17, 15) is 0 Å². The topological polar surface area (TPSA) is 101 Å². The van der Waals surface area contributed by atoms with Crippen LogP contribution in [0.3, 0.4) is 0 Å². The van der Waals surface area contributed by atoms with Crippen LogP contribution in [0.2, 0.25) is 0 Å². The van der Waals surface area contributed by atoms with E-state index in [0.29, 0.717) is 42.4 Å². The zero-order valence-electron chi connectivity index (χ0n) is 20.4. The third kappa shape index (κ3) is 6.20. The molecule has 1 saturated heterocycles. The Hall–Kier alpha value is -3.81. The van der Waals surface area contributed by atoms with Crippen LogP contribution in [0.1, 0.15) is 37.1 Å². The highest BCUT2D eigenvalue weighted by atomic mass is 15.1. The van der Waals surface area contributed by atoms with Crippen molar-refractivity contribution in [3.63, 3.8) is 0 Å². The van der Waals surface area contributed by atoms with E-state index in [4.69, 9.17) is 15.4 Å². The first kappa shape index (κ1) is 24.3. The second-order valence-electron chi connectivity index (χ2n) is 9.00. The lowest BCUT2D eigenvalue weighted by Crippen LogP contribution is -2.31. The van der Waals surface area contributed by atoms with Gasteiger partial charge in [0.15, 0.2) is 0 Å². The van der Waals surface area contributed by atoms with Gasteiger partial charge in [0.25, 0.3) is 0 Å². The lowest BCUT2D eigenvalue weighted by atomic mass is 9.93. The SMILES string of the molecule is C=N/C(=C\C=N/CNC(=N)/C=C\NC1CCC1)c1cccc(C2=NCC(C3CCN(C)C3=C)=C2)n1. The summed E-state index contributed by atoms with van der Waals surface area (Å²) in [5, 5.41) is 14.1. The first-order valence-electron chi connectivity index (χ1n) is 12.1. The average Bonchev–Trinajstić information content (AvgIpc) is 3.45. The van der Waals surface area contributed by atoms with Crippen LogP contribution in [0, 0.1) is 11.3 Å². The zero-order valence-corrected chi connectivity index (χ0v) is 20.4. The van der Waals surface area contributed by atoms with Gasteiger partial charge in [0.2, 0.25) is 0 Å². The number of hydrogen-bond acceptors (Lipinski definition) is 7. The van der Waals surface area contributed by atoms with Crippen molar-refractivity contribution in [2.24, 2.45) is 20.9 Å². The average molecular weight is 471 g/mol. The summed E-state index contributed by atoms with van der Waals surface area (Å²) in [5.41, 5.74) is 5.52. The fourth-order valence-corrected chi connectivity index (χ4v) is 4.25. The summed E-state index contributed by atoms with van der Waals surface area (Å²) >= 11 is 0. The lowest BCUT2D eigenvalue weighted by molar-refractivity contribution is 0.373. The molecule has 0 spiro atoms. The van der Waals surface area contributed by atoms with Crippen molar-refractivity contribution < 1.29 is 0 Å². The van der Waals surface area contributed by atoms with Gasteiger partial charge >= 0.3 is 0 Å². The van der Waals surface area contributed by atoms with Gasteiger partial charge in [-0.15, -0.1) is 0 Å². The van der Waals surface area contributed by atoms with Gasteiger partial charge < -0.3 is 15.5 Å². The Morgan fingerprint density at radius 1 is 1.31 bits per heavy atom. The second kappa shape index (κ2) is 11.6. The van der Waals surface area contributed by atoms with E-state index < -0.39 is 0 Å². The molecule has 1 atom stereocenters. The van der Waals surface area contributed by atoms with Gasteiger partial charge in [0, 0.05) is 43.7 Å². The second-order valence-corrected chi connectivity index (χ2v) is 9.00. The highest BCUT2D eigenvalue weighted by Crippen LogP contribution is 2.33. The summed E-state index contributed by atoms with van der Waals surface area (Å²) in [5.74, 6) is 0.683. The maximum absolute atomic E-state index is 7.91. The molecule has 0 aromatic carbocycles. The minimum atomic E-state index is 0.299. The van der Waals surface area contributed by atoms with E-state index in [1.165, 1.54) is 30.5 Å². The number of aliphatic imine (C=N–C) groups is 3. The summed E-state index contributed by atoms with van der Waals surface area (Å²) in [7, 11) is 2.09. The van der Waals surface area contributed by atoms with Gasteiger partial charge in [-0.25, -0.2) is 4.98 Å². The predicted molar refractivity (Wildman–Crippen MR) is 145 cm³/mol. The Bertz CT molecular complexity index is 1120. The summed E-state index contributed by atoms with van der Waals surface area (Å²) in [6.07, 6.45) is 13.9. The number of pyridine rings is 1. The third-order valence-electron chi connectivity index (χ3n) is 6.68. The molecule has 1 aromatic rings. The largest absolute Gasteiger partial charge is 0.388 e. The Kier molecular flexibility index (Phi) is 8.03. The van der Waals surface area contributed by atoms with Crippen LogP contribution in [0.4, 0.5) is 0 Å². The predicted octanol–water partition coefficient (Wildman–Crippen LogP) is 3.57. The molecule has 0 radical (unpaired) electrons. The number of likely N-dealkylation sites (tertiary alicyclic amines) is 1. The normalized spacial score (nSPS) is 20.8. The Morgan fingerprint density at radius 3 is 2.89 bits per heavy atom. The molecular formula is C27H34N8. The van der Waals surface area contributed by atoms with Crippen molar-refractivity contribution in [2.75, 3.05) is 26.8 Å². The number of allylic oxidation sites excluding steroid dienone is 3. The van der Waals surface area contributed by atoms with Crippen molar-refractivity contribution in [2.45, 2.75) is 31.7 Å². The smallest absolute Gasteiger partial charge is 0.120 e. The number of aromatic nitrogens is 1. The van der Waals surface area contributed by atoms with Crippen molar-refractivity contribution in [1.82, 2.24) is 20.5 Å². The van der Waals surface area contributed by atoms with E-state index in [2.05, 4.69) is 51.9 Å². The van der Waals surface area contributed by atoms with Gasteiger partial charge in [0.1, 0.15) is 12.5 Å². The van der Waals surface area contributed by atoms with Crippen LogP contribution in [0.25, 0.3) is 5.70 Å². The molecular weight excluding hydrogens is 436 g/mol. The van der Waals surface area contributed by atoms with E-state index in [1.54, 1.807) is 18.4 Å². The van der Waals surface area contributed by atoms with E-state index in [1.807, 2.05) is 24.4 Å². The molecule has 3 aliphatic rings. The molecule has 0 amide bonds. The maximum Gasteiger partial charge on any atom is 0.120 e. The number of rotatable bonds is 10. The van der Waals surface area contributed by atoms with Crippen LogP contribution >= 0.6 is 0 Å². The Labute approximate surface area is 207 Å². The molecule has 1 aliphatic carbocycles. The molecule has 35 heavy (non-hydrogen) atoms. The van der Waals surface area contributed by atoms with Gasteiger partial charge in [0.05, 0.1) is 29.3 Å². The van der Waals surface area contributed by atoms with Crippen LogP contribution in [0.5, 0.6) is 0 Å². The lowest BCUT2D eigenvalue weighted by Gasteiger charge is -2.25. The monoisotopic (exact) mass is 470 g/mol. The first-order chi connectivity index (χ1) is 17.0. The van der Waals surface area contributed by atoms with Gasteiger partial charge in [-0.3, -0.25) is 20.4 Å². The molecule has 8 nitrogen and oxygen atoms in total. The van der Waals surface area contributed by atoms with Crippen LogP contribution in [-0.4, -0.2) is 67.2 Å². The van der Waals surface area contributed by atoms with E-state index >= 15 is 0 Å². The van der Waals surface area contributed by atoms with Crippen molar-refractivity contribution in [3.8, 4) is 0 Å². The maximum atomic E-state index is 7.91. The van der Waals surface area contributed by atoms with Gasteiger partial charge in [-0.1, -0.05) is 12.6 Å². The standard InChI is InChI=1S/C27H34N8/c1-19-22(12-15-35(19)3)20-16-26(32-17-20)25-9-5-8-24(34-25)23(29-2)10-13-30-18-33-27(28)11-14-31-21-6-4-7-21/h5,8-11,13-14,16,21-22,31H,1-2,4,6-7,12,15,17-18H2,3H3,(H2,28,33)/b14-11-,23-10-,30-13-. The van der Waals surface area contributed by atoms with Crippen molar-refractivity contribution in [3.05, 3.63) is 71.9 Å². The summed E-state index contributed by atoms with van der Waals surface area (Å²) in [6.45, 7) is 9.96. The molecule has 4 rings (SSSR count). The first-order valence-corrected chi connectivity index (χ1v) is 12.1.